The van der Waals surface area contributed by atoms with Gasteiger partial charge in [-0.25, -0.2) is 0 Å². The quantitative estimate of drug-likeness (QED) is 0.773. The molecule has 0 bridgehead atoms. The molecule has 0 aliphatic heterocycles. The van der Waals surface area contributed by atoms with E-state index in [4.69, 9.17) is 0 Å². The fraction of sp³-hybridized carbons (Fsp3) is 0.647. The Hall–Kier alpha value is -0.340. The van der Waals surface area contributed by atoms with Gasteiger partial charge in [0.05, 0.1) is 0 Å². The van der Waals surface area contributed by atoms with Crippen molar-refractivity contribution in [3.63, 3.8) is 0 Å². The third-order valence-corrected chi connectivity index (χ3v) is 4.95. The summed E-state index contributed by atoms with van der Waals surface area (Å²) in [5.74, 6) is 1.90. The molecule has 0 aromatic heterocycles. The molecule has 1 N–H and O–H groups in total. The predicted molar refractivity (Wildman–Crippen MR) is 86.3 cm³/mol. The van der Waals surface area contributed by atoms with Gasteiger partial charge in [0.2, 0.25) is 0 Å². The average molecular weight is 324 g/mol. The minimum atomic E-state index is 0.453. The van der Waals surface area contributed by atoms with Crippen molar-refractivity contribution in [1.82, 2.24) is 5.32 Å². The minimum absolute atomic E-state index is 0.453. The first-order valence-corrected chi connectivity index (χ1v) is 8.43. The molecule has 2 rings (SSSR count). The van der Waals surface area contributed by atoms with Crippen LogP contribution in [-0.2, 0) is 0 Å². The summed E-state index contributed by atoms with van der Waals surface area (Å²) in [4.78, 5) is 0. The molecule has 0 spiro atoms. The van der Waals surface area contributed by atoms with Crippen LogP contribution in [-0.4, -0.2) is 6.54 Å². The molecule has 1 aliphatic rings. The smallest absolute Gasteiger partial charge is 0.0291 e. The van der Waals surface area contributed by atoms with Gasteiger partial charge in [-0.15, -0.1) is 0 Å². The lowest BCUT2D eigenvalue weighted by molar-refractivity contribution is 0.265. The van der Waals surface area contributed by atoms with E-state index < -0.39 is 0 Å². The van der Waals surface area contributed by atoms with E-state index in [1.807, 2.05) is 0 Å². The maximum atomic E-state index is 3.67. The van der Waals surface area contributed by atoms with E-state index in [0.29, 0.717) is 6.04 Å². The van der Waals surface area contributed by atoms with Crippen LogP contribution in [0.1, 0.15) is 57.6 Å². The van der Waals surface area contributed by atoms with E-state index in [0.717, 1.165) is 22.9 Å². The number of nitrogens with one attached hydrogen (secondary N) is 1. The molecule has 19 heavy (non-hydrogen) atoms. The Balaban J connectivity index is 1.71. The van der Waals surface area contributed by atoms with Crippen molar-refractivity contribution in [3.05, 3.63) is 34.3 Å². The van der Waals surface area contributed by atoms with Gasteiger partial charge >= 0.3 is 0 Å². The van der Waals surface area contributed by atoms with Crippen molar-refractivity contribution < 1.29 is 0 Å². The summed E-state index contributed by atoms with van der Waals surface area (Å²) < 4.78 is 1.15. The molecule has 3 unspecified atom stereocenters. The summed E-state index contributed by atoms with van der Waals surface area (Å²) in [6, 6.07) is 9.09. The highest BCUT2D eigenvalue weighted by atomic mass is 79.9. The molecule has 1 aromatic rings. The van der Waals surface area contributed by atoms with Crippen LogP contribution in [0.15, 0.2) is 28.7 Å². The molecule has 2 heteroatoms. The van der Waals surface area contributed by atoms with Gasteiger partial charge in [-0.2, -0.15) is 0 Å². The van der Waals surface area contributed by atoms with E-state index in [2.05, 4.69) is 59.4 Å². The molecule has 1 aromatic carbocycles. The first-order valence-electron chi connectivity index (χ1n) is 7.64. The van der Waals surface area contributed by atoms with Gasteiger partial charge in [0.25, 0.3) is 0 Å². The standard InChI is InChI=1S/C17H26BrN/c1-13-4-3-5-15(12-13)10-11-19-14(2)16-6-8-17(18)9-7-16/h6-9,13-15,19H,3-5,10-12H2,1-2H3. The van der Waals surface area contributed by atoms with Gasteiger partial charge in [-0.05, 0) is 55.8 Å². The Morgan fingerprint density at radius 2 is 2.00 bits per heavy atom. The zero-order valence-corrected chi connectivity index (χ0v) is 13.7. The highest BCUT2D eigenvalue weighted by Gasteiger charge is 2.18. The van der Waals surface area contributed by atoms with Crippen LogP contribution in [0.25, 0.3) is 0 Å². The van der Waals surface area contributed by atoms with E-state index >= 15 is 0 Å². The molecule has 1 nitrogen and oxygen atoms in total. The van der Waals surface area contributed by atoms with Crippen LogP contribution in [0.3, 0.4) is 0 Å². The molecule has 0 heterocycles. The second-order valence-electron chi connectivity index (χ2n) is 6.15. The maximum Gasteiger partial charge on any atom is 0.0291 e. The highest BCUT2D eigenvalue weighted by Crippen LogP contribution is 2.30. The van der Waals surface area contributed by atoms with Crippen molar-refractivity contribution in [1.29, 1.82) is 0 Å². The fourth-order valence-corrected chi connectivity index (χ4v) is 3.46. The van der Waals surface area contributed by atoms with Crippen molar-refractivity contribution in [2.24, 2.45) is 11.8 Å². The Labute approximate surface area is 126 Å². The van der Waals surface area contributed by atoms with Crippen molar-refractivity contribution in [3.8, 4) is 0 Å². The Bertz CT molecular complexity index is 373. The summed E-state index contributed by atoms with van der Waals surface area (Å²) in [5.41, 5.74) is 1.38. The topological polar surface area (TPSA) is 12.0 Å². The predicted octanol–water partition coefficient (Wildman–Crippen LogP) is 5.32. The zero-order chi connectivity index (χ0) is 13.7. The van der Waals surface area contributed by atoms with Crippen LogP contribution in [0.5, 0.6) is 0 Å². The van der Waals surface area contributed by atoms with Gasteiger partial charge in [0.15, 0.2) is 0 Å². The number of halogens is 1. The zero-order valence-electron chi connectivity index (χ0n) is 12.2. The Morgan fingerprint density at radius 1 is 1.26 bits per heavy atom. The van der Waals surface area contributed by atoms with E-state index in [9.17, 15) is 0 Å². The van der Waals surface area contributed by atoms with Crippen LogP contribution < -0.4 is 5.32 Å². The lowest BCUT2D eigenvalue weighted by Crippen LogP contribution is -2.23. The van der Waals surface area contributed by atoms with Gasteiger partial charge < -0.3 is 5.32 Å². The molecule has 1 fully saturated rings. The Morgan fingerprint density at radius 3 is 2.68 bits per heavy atom. The van der Waals surface area contributed by atoms with Gasteiger partial charge in [0.1, 0.15) is 0 Å². The second kappa shape index (κ2) is 7.44. The largest absolute Gasteiger partial charge is 0.310 e. The number of hydrogen-bond acceptors (Lipinski definition) is 1. The lowest BCUT2D eigenvalue weighted by atomic mass is 9.81. The van der Waals surface area contributed by atoms with Crippen LogP contribution in [0, 0.1) is 11.8 Å². The molecule has 0 amide bonds. The first-order chi connectivity index (χ1) is 9.15. The molecule has 0 radical (unpaired) electrons. The van der Waals surface area contributed by atoms with Crippen molar-refractivity contribution in [2.45, 2.75) is 52.0 Å². The van der Waals surface area contributed by atoms with Crippen molar-refractivity contribution in [2.75, 3.05) is 6.54 Å². The second-order valence-corrected chi connectivity index (χ2v) is 7.07. The molecule has 1 saturated carbocycles. The summed E-state index contributed by atoms with van der Waals surface area (Å²) in [6.45, 7) is 5.81. The molecular weight excluding hydrogens is 298 g/mol. The molecular formula is C17H26BrN. The van der Waals surface area contributed by atoms with Crippen molar-refractivity contribution >= 4 is 15.9 Å². The minimum Gasteiger partial charge on any atom is -0.310 e. The summed E-state index contributed by atoms with van der Waals surface area (Å²) in [5, 5.41) is 3.67. The van der Waals surface area contributed by atoms with Crippen LogP contribution in [0.2, 0.25) is 0 Å². The molecule has 1 aliphatic carbocycles. The first kappa shape index (κ1) is 15.1. The SMILES string of the molecule is CC1CCCC(CCNC(C)c2ccc(Br)cc2)C1. The normalized spacial score (nSPS) is 25.2. The van der Waals surface area contributed by atoms with Gasteiger partial charge in [-0.1, -0.05) is 54.2 Å². The van der Waals surface area contributed by atoms with E-state index in [1.165, 1.54) is 37.7 Å². The highest BCUT2D eigenvalue weighted by molar-refractivity contribution is 9.10. The van der Waals surface area contributed by atoms with Crippen LogP contribution in [0.4, 0.5) is 0 Å². The number of hydrogen-bond donors (Lipinski definition) is 1. The molecule has 3 atom stereocenters. The summed E-state index contributed by atoms with van der Waals surface area (Å²) in [7, 11) is 0. The summed E-state index contributed by atoms with van der Waals surface area (Å²) >= 11 is 3.48. The monoisotopic (exact) mass is 323 g/mol. The number of rotatable bonds is 5. The van der Waals surface area contributed by atoms with Crippen LogP contribution >= 0.6 is 15.9 Å². The van der Waals surface area contributed by atoms with Gasteiger partial charge in [-0.3, -0.25) is 0 Å². The average Bonchev–Trinajstić information content (AvgIpc) is 2.39. The number of benzene rings is 1. The fourth-order valence-electron chi connectivity index (χ4n) is 3.20. The molecule has 0 saturated heterocycles. The molecule has 106 valence electrons. The Kier molecular flexibility index (Phi) is 5.90. The maximum absolute atomic E-state index is 3.67. The van der Waals surface area contributed by atoms with E-state index in [1.54, 1.807) is 0 Å². The van der Waals surface area contributed by atoms with E-state index in [-0.39, 0.29) is 0 Å². The third-order valence-electron chi connectivity index (χ3n) is 4.42. The lowest BCUT2D eigenvalue weighted by Gasteiger charge is -2.27. The third kappa shape index (κ3) is 4.92. The summed E-state index contributed by atoms with van der Waals surface area (Å²) in [6.07, 6.45) is 7.10. The van der Waals surface area contributed by atoms with Gasteiger partial charge in [0, 0.05) is 10.5 Å².